The van der Waals surface area contributed by atoms with Gasteiger partial charge in [0, 0.05) is 18.7 Å². The molecule has 0 unspecified atom stereocenters. The monoisotopic (exact) mass is 404 g/mol. The average molecular weight is 404 g/mol. The number of benzene rings is 1. The van der Waals surface area contributed by atoms with Crippen LogP contribution >= 0.6 is 0 Å². The lowest BCUT2D eigenvalue weighted by atomic mass is 9.98. The van der Waals surface area contributed by atoms with Crippen LogP contribution in [0.4, 0.5) is 0 Å². The normalized spacial score (nSPS) is 28.7. The molecule has 1 fully saturated rings. The number of nitrogens with two attached hydrogens (primary N) is 1. The number of nitrogens with one attached hydrogen (secondary N) is 1. The second-order valence-electron chi connectivity index (χ2n) is 6.16. The molecule has 0 aromatic heterocycles. The molecule has 5 atom stereocenters. The lowest BCUT2D eigenvalue weighted by Crippen LogP contribution is -2.60. The minimum absolute atomic E-state index is 0.127. The molecule has 0 aliphatic carbocycles. The second kappa shape index (κ2) is 9.06. The zero-order chi connectivity index (χ0) is 20.2. The Bertz CT molecular complexity index is 739. The van der Waals surface area contributed by atoms with Crippen molar-refractivity contribution in [3.63, 3.8) is 0 Å². The maximum absolute atomic E-state index is 12.2. The Kier molecular flexibility index (Phi) is 7.28. The summed E-state index contributed by atoms with van der Waals surface area (Å²) in [5.41, 5.74) is 0.173. The Morgan fingerprint density at radius 3 is 2.37 bits per heavy atom. The van der Waals surface area contributed by atoms with Crippen molar-refractivity contribution in [2.75, 3.05) is 13.2 Å². The van der Waals surface area contributed by atoms with Crippen LogP contribution in [0.15, 0.2) is 29.2 Å². The SMILES string of the molecule is CCCO[C@@H]1O[C@H](CNC(=O)c2ccc(S(N)(=O)=O)cc2)[C@@H](O)[C@H](O)[C@@H]1O. The van der Waals surface area contributed by atoms with E-state index in [0.29, 0.717) is 13.0 Å². The van der Waals surface area contributed by atoms with Crippen LogP contribution in [-0.4, -0.2) is 73.5 Å². The number of aliphatic hydroxyl groups excluding tert-OH is 3. The molecular weight excluding hydrogens is 380 g/mol. The van der Waals surface area contributed by atoms with Crippen molar-refractivity contribution in [3.8, 4) is 0 Å². The lowest BCUT2D eigenvalue weighted by Gasteiger charge is -2.40. The van der Waals surface area contributed by atoms with Gasteiger partial charge in [0.15, 0.2) is 6.29 Å². The van der Waals surface area contributed by atoms with Gasteiger partial charge in [-0.05, 0) is 30.7 Å². The van der Waals surface area contributed by atoms with Crippen molar-refractivity contribution in [2.24, 2.45) is 5.14 Å². The summed E-state index contributed by atoms with van der Waals surface area (Å²) in [6, 6.07) is 4.98. The van der Waals surface area contributed by atoms with E-state index in [0.717, 1.165) is 0 Å². The molecule has 11 heteroatoms. The standard InChI is InChI=1S/C16H24N2O8S/c1-2-7-25-16-14(21)13(20)12(19)11(26-16)8-18-15(22)9-3-5-10(6-4-9)27(17,23)24/h3-6,11-14,16,19-21H,2,7-8H2,1H3,(H,18,22)(H2,17,23,24)/t11-,12-,13+,14+,16-/m1/s1. The summed E-state index contributed by atoms with van der Waals surface area (Å²) < 4.78 is 33.2. The molecule has 2 rings (SSSR count). The summed E-state index contributed by atoms with van der Waals surface area (Å²) in [5.74, 6) is -0.543. The molecule has 152 valence electrons. The predicted octanol–water partition coefficient (Wildman–Crippen LogP) is -1.70. The van der Waals surface area contributed by atoms with Gasteiger partial charge in [0.2, 0.25) is 10.0 Å². The topological polar surface area (TPSA) is 168 Å². The van der Waals surface area contributed by atoms with Gasteiger partial charge in [-0.15, -0.1) is 0 Å². The van der Waals surface area contributed by atoms with E-state index in [2.05, 4.69) is 5.32 Å². The first-order chi connectivity index (χ1) is 12.6. The highest BCUT2D eigenvalue weighted by molar-refractivity contribution is 7.89. The van der Waals surface area contributed by atoms with Crippen LogP contribution in [0.2, 0.25) is 0 Å². The third-order valence-corrected chi connectivity index (χ3v) is 4.99. The zero-order valence-electron chi connectivity index (χ0n) is 14.7. The molecule has 1 aromatic carbocycles. The number of aliphatic hydroxyl groups is 3. The molecule has 0 saturated carbocycles. The number of rotatable bonds is 7. The molecule has 1 aliphatic rings. The summed E-state index contributed by atoms with van der Waals surface area (Å²) in [5, 5.41) is 37.4. The molecule has 6 N–H and O–H groups in total. The van der Waals surface area contributed by atoms with Crippen molar-refractivity contribution in [1.82, 2.24) is 5.32 Å². The van der Waals surface area contributed by atoms with Crippen LogP contribution in [0.3, 0.4) is 0 Å². The highest BCUT2D eigenvalue weighted by Crippen LogP contribution is 2.22. The van der Waals surface area contributed by atoms with E-state index in [1.165, 1.54) is 24.3 Å². The van der Waals surface area contributed by atoms with Gasteiger partial charge >= 0.3 is 0 Å². The third kappa shape index (κ3) is 5.45. The Labute approximate surface area is 156 Å². The fourth-order valence-electron chi connectivity index (χ4n) is 2.55. The fraction of sp³-hybridized carbons (Fsp3) is 0.562. The van der Waals surface area contributed by atoms with Crippen LogP contribution in [0.1, 0.15) is 23.7 Å². The predicted molar refractivity (Wildman–Crippen MR) is 93.1 cm³/mol. The Morgan fingerprint density at radius 1 is 1.19 bits per heavy atom. The third-order valence-electron chi connectivity index (χ3n) is 4.06. The summed E-state index contributed by atoms with van der Waals surface area (Å²) in [7, 11) is -3.86. The van der Waals surface area contributed by atoms with E-state index in [1.807, 2.05) is 6.92 Å². The lowest BCUT2D eigenvalue weighted by molar-refractivity contribution is -0.295. The molecule has 1 aliphatic heterocycles. The molecule has 1 heterocycles. The molecule has 0 spiro atoms. The molecule has 0 bridgehead atoms. The first-order valence-corrected chi connectivity index (χ1v) is 9.92. The summed E-state index contributed by atoms with van der Waals surface area (Å²) in [6.45, 7) is 1.99. The molecule has 1 amide bonds. The molecule has 1 aromatic rings. The summed E-state index contributed by atoms with van der Waals surface area (Å²) in [4.78, 5) is 12.1. The molecule has 10 nitrogen and oxygen atoms in total. The van der Waals surface area contributed by atoms with Gasteiger partial charge in [-0.1, -0.05) is 6.92 Å². The van der Waals surface area contributed by atoms with E-state index < -0.39 is 46.6 Å². The van der Waals surface area contributed by atoms with Crippen LogP contribution in [0, 0.1) is 0 Å². The zero-order valence-corrected chi connectivity index (χ0v) is 15.5. The number of primary sulfonamides is 1. The largest absolute Gasteiger partial charge is 0.388 e. The van der Waals surface area contributed by atoms with Gasteiger partial charge in [-0.2, -0.15) is 0 Å². The quantitative estimate of drug-likeness (QED) is 0.358. The van der Waals surface area contributed by atoms with Crippen LogP contribution in [0.25, 0.3) is 0 Å². The van der Waals surface area contributed by atoms with Gasteiger partial charge in [0.25, 0.3) is 5.91 Å². The van der Waals surface area contributed by atoms with Crippen molar-refractivity contribution >= 4 is 15.9 Å². The van der Waals surface area contributed by atoms with Gasteiger partial charge in [0.1, 0.15) is 24.4 Å². The van der Waals surface area contributed by atoms with Crippen molar-refractivity contribution in [2.45, 2.75) is 48.9 Å². The smallest absolute Gasteiger partial charge is 0.251 e. The van der Waals surface area contributed by atoms with Gasteiger partial charge in [-0.25, -0.2) is 13.6 Å². The molecule has 1 saturated heterocycles. The maximum Gasteiger partial charge on any atom is 0.251 e. The number of sulfonamides is 1. The highest BCUT2D eigenvalue weighted by atomic mass is 32.2. The van der Waals surface area contributed by atoms with Gasteiger partial charge in [0.05, 0.1) is 4.90 Å². The van der Waals surface area contributed by atoms with Crippen molar-refractivity contribution in [1.29, 1.82) is 0 Å². The van der Waals surface area contributed by atoms with E-state index in [-0.39, 0.29) is 17.0 Å². The molecule has 27 heavy (non-hydrogen) atoms. The maximum atomic E-state index is 12.2. The number of hydrogen-bond donors (Lipinski definition) is 5. The summed E-state index contributed by atoms with van der Waals surface area (Å²) in [6.07, 6.45) is -5.79. The minimum Gasteiger partial charge on any atom is -0.388 e. The first kappa shape index (κ1) is 21.7. The molecular formula is C16H24N2O8S. The number of hydrogen-bond acceptors (Lipinski definition) is 8. The van der Waals surface area contributed by atoms with Crippen LogP contribution in [0.5, 0.6) is 0 Å². The minimum atomic E-state index is -3.86. The number of carbonyl (C=O) groups is 1. The number of amides is 1. The number of carbonyl (C=O) groups excluding carboxylic acids is 1. The summed E-state index contributed by atoms with van der Waals surface area (Å²) >= 11 is 0. The van der Waals surface area contributed by atoms with Crippen LogP contribution in [-0.2, 0) is 19.5 Å². The second-order valence-corrected chi connectivity index (χ2v) is 7.73. The average Bonchev–Trinajstić information content (AvgIpc) is 2.64. The van der Waals surface area contributed by atoms with Gasteiger partial charge in [-0.3, -0.25) is 4.79 Å². The Hall–Kier alpha value is -1.60. The Balaban J connectivity index is 1.98. The Morgan fingerprint density at radius 2 is 1.81 bits per heavy atom. The highest BCUT2D eigenvalue weighted by Gasteiger charge is 2.44. The van der Waals surface area contributed by atoms with Crippen LogP contribution < -0.4 is 10.5 Å². The first-order valence-electron chi connectivity index (χ1n) is 8.37. The van der Waals surface area contributed by atoms with Crippen molar-refractivity contribution < 1.29 is 38.0 Å². The van der Waals surface area contributed by atoms with E-state index in [4.69, 9.17) is 14.6 Å². The van der Waals surface area contributed by atoms with E-state index in [9.17, 15) is 28.5 Å². The molecule has 0 radical (unpaired) electrons. The van der Waals surface area contributed by atoms with Gasteiger partial charge < -0.3 is 30.1 Å². The van der Waals surface area contributed by atoms with E-state index in [1.54, 1.807) is 0 Å². The van der Waals surface area contributed by atoms with Crippen molar-refractivity contribution in [3.05, 3.63) is 29.8 Å². The van der Waals surface area contributed by atoms with E-state index >= 15 is 0 Å². The number of ether oxygens (including phenoxy) is 2. The fourth-order valence-corrected chi connectivity index (χ4v) is 3.06.